The number of aliphatic hydroxyl groups excluding tert-OH is 2. The summed E-state index contributed by atoms with van der Waals surface area (Å²) >= 11 is 0. The van der Waals surface area contributed by atoms with Gasteiger partial charge < -0.3 is 39.0 Å². The summed E-state index contributed by atoms with van der Waals surface area (Å²) in [6.07, 6.45) is 48.6. The van der Waals surface area contributed by atoms with Gasteiger partial charge in [-0.05, 0) is 70.6 Å². The van der Waals surface area contributed by atoms with E-state index in [0.29, 0.717) is 32.1 Å². The van der Waals surface area contributed by atoms with E-state index in [4.69, 9.17) is 23.7 Å². The first-order valence-electron chi connectivity index (χ1n) is 27.2. The van der Waals surface area contributed by atoms with E-state index >= 15 is 0 Å². The van der Waals surface area contributed by atoms with Crippen molar-refractivity contribution >= 4 is 23.9 Å². The lowest BCUT2D eigenvalue weighted by Crippen LogP contribution is -2.61. The van der Waals surface area contributed by atoms with Gasteiger partial charge in [-0.2, -0.15) is 0 Å². The Balaban J connectivity index is 2.79. The summed E-state index contributed by atoms with van der Waals surface area (Å²) < 4.78 is 28.1. The van der Waals surface area contributed by atoms with Crippen LogP contribution < -0.4 is 0 Å². The van der Waals surface area contributed by atoms with Crippen LogP contribution in [0.4, 0.5) is 0 Å². The van der Waals surface area contributed by atoms with Gasteiger partial charge in [0.1, 0.15) is 18.8 Å². The number of rotatable bonds is 44. The number of hydrogen-bond donors (Lipinski definition) is 3. The van der Waals surface area contributed by atoms with Gasteiger partial charge in [-0.1, -0.05) is 208 Å². The van der Waals surface area contributed by atoms with Crippen molar-refractivity contribution in [2.45, 2.75) is 237 Å². The first-order chi connectivity index (χ1) is 34.6. The SMILES string of the molecule is CC/C=C\C/C=C\C/C=C\C/C=C\CCC(=O)OC(COC(=O)CCCCCCCCCCCCCCCCC)COC1OC(C(=O)O)C(O)C(O)C1OC(=O)CC/C=C\C/C=C\C/C=C\C/C=C\CC. The number of esters is 3. The lowest BCUT2D eigenvalue weighted by molar-refractivity contribution is -0.301. The second-order valence-electron chi connectivity index (χ2n) is 18.1. The molecule has 0 radical (unpaired) electrons. The van der Waals surface area contributed by atoms with E-state index in [0.717, 1.165) is 57.8 Å². The van der Waals surface area contributed by atoms with Gasteiger partial charge in [0.2, 0.25) is 0 Å². The van der Waals surface area contributed by atoms with Crippen LogP contribution in [0.1, 0.15) is 201 Å². The van der Waals surface area contributed by atoms with Gasteiger partial charge in [-0.25, -0.2) is 4.79 Å². The molecule has 1 saturated heterocycles. The minimum Gasteiger partial charge on any atom is -0.479 e. The van der Waals surface area contributed by atoms with E-state index in [9.17, 15) is 34.5 Å². The number of carboxylic acids is 1. The van der Waals surface area contributed by atoms with Crippen LogP contribution in [0.25, 0.3) is 0 Å². The molecule has 0 aromatic carbocycles. The van der Waals surface area contributed by atoms with Gasteiger partial charge >= 0.3 is 23.9 Å². The van der Waals surface area contributed by atoms with Crippen molar-refractivity contribution in [1.29, 1.82) is 0 Å². The quantitative estimate of drug-likeness (QED) is 0.0228. The third kappa shape index (κ3) is 37.1. The number of aliphatic hydroxyl groups is 2. The van der Waals surface area contributed by atoms with Crippen LogP contribution in [0.3, 0.4) is 0 Å². The smallest absolute Gasteiger partial charge is 0.335 e. The molecule has 3 N–H and O–H groups in total. The van der Waals surface area contributed by atoms with Crippen molar-refractivity contribution in [3.8, 4) is 0 Å². The lowest BCUT2D eigenvalue weighted by atomic mass is 9.98. The molecule has 0 spiro atoms. The zero-order valence-corrected chi connectivity index (χ0v) is 43.9. The Kier molecular flexibility index (Phi) is 42.5. The highest BCUT2D eigenvalue weighted by atomic mass is 16.7. The lowest BCUT2D eigenvalue weighted by Gasteiger charge is -2.40. The maximum absolute atomic E-state index is 13.0. The molecule has 0 aromatic heterocycles. The number of carboxylic acid groups (broad SMARTS) is 1. The molecule has 0 aliphatic carbocycles. The number of carbonyl (C=O) groups excluding carboxylic acids is 3. The highest BCUT2D eigenvalue weighted by molar-refractivity contribution is 5.74. The van der Waals surface area contributed by atoms with Gasteiger partial charge in [-0.3, -0.25) is 14.4 Å². The zero-order valence-electron chi connectivity index (χ0n) is 43.9. The number of aliphatic carboxylic acids is 1. The van der Waals surface area contributed by atoms with Crippen LogP contribution in [0.2, 0.25) is 0 Å². The van der Waals surface area contributed by atoms with E-state index in [-0.39, 0.29) is 25.9 Å². The molecule has 0 amide bonds. The van der Waals surface area contributed by atoms with E-state index < -0.39 is 67.3 Å². The summed E-state index contributed by atoms with van der Waals surface area (Å²) in [5, 5.41) is 31.3. The number of hydrogen-bond acceptors (Lipinski definition) is 11. The zero-order chi connectivity index (χ0) is 51.8. The van der Waals surface area contributed by atoms with Gasteiger partial charge in [-0.15, -0.1) is 0 Å². The third-order valence-electron chi connectivity index (χ3n) is 11.7. The van der Waals surface area contributed by atoms with Crippen molar-refractivity contribution in [3.05, 3.63) is 97.2 Å². The van der Waals surface area contributed by atoms with Gasteiger partial charge in [0.25, 0.3) is 0 Å². The molecule has 1 heterocycles. The minimum absolute atomic E-state index is 0.0310. The Bertz CT molecular complexity index is 1610. The van der Waals surface area contributed by atoms with E-state index in [1.54, 1.807) is 0 Å². The summed E-state index contributed by atoms with van der Waals surface area (Å²) in [6, 6.07) is 0. The van der Waals surface area contributed by atoms with Crippen molar-refractivity contribution in [1.82, 2.24) is 0 Å². The van der Waals surface area contributed by atoms with Crippen LogP contribution in [-0.4, -0.2) is 89.2 Å². The molecule has 1 aliphatic rings. The molecule has 6 atom stereocenters. The molecule has 1 fully saturated rings. The van der Waals surface area contributed by atoms with Crippen LogP contribution in [-0.2, 0) is 42.9 Å². The molecule has 0 bridgehead atoms. The molecule has 71 heavy (non-hydrogen) atoms. The standard InChI is InChI=1S/C59H94O12/c1-4-7-10-13-16-19-22-25-26-29-30-33-36-39-42-45-51(60)67-48-50(69-52(61)46-43-40-37-34-31-27-23-20-17-14-11-8-5-2)49-68-59-57(55(64)54(63)56(71-59)58(65)66)70-53(62)47-44-41-38-35-32-28-24-21-18-15-12-9-6-3/h8-9,11-12,17-18,20-21,27-28,31-32,37-38,40-41,50,54-57,59,63-64H,4-7,10,13-16,19,22-26,29-30,33-36,39,42-49H2,1-3H3,(H,65,66)/b11-8-,12-9-,20-17-,21-18-,31-27-,32-28-,40-37-,41-38-. The molecule has 1 aliphatic heterocycles. The highest BCUT2D eigenvalue weighted by Crippen LogP contribution is 2.26. The maximum atomic E-state index is 13.0. The molecule has 0 saturated carbocycles. The maximum Gasteiger partial charge on any atom is 0.335 e. The number of unbranched alkanes of at least 4 members (excludes halogenated alkanes) is 14. The number of allylic oxidation sites excluding steroid dienone is 16. The summed E-state index contributed by atoms with van der Waals surface area (Å²) in [6.45, 7) is 5.64. The molecule has 0 aromatic rings. The molecular formula is C59H94O12. The second-order valence-corrected chi connectivity index (χ2v) is 18.1. The summed E-state index contributed by atoms with van der Waals surface area (Å²) in [4.78, 5) is 50.8. The van der Waals surface area contributed by atoms with Gasteiger partial charge in [0.05, 0.1) is 6.61 Å². The normalized spacial score (nSPS) is 19.3. The topological polar surface area (TPSA) is 175 Å². The summed E-state index contributed by atoms with van der Waals surface area (Å²) in [5.41, 5.74) is 0. The number of ether oxygens (including phenoxy) is 5. The second kappa shape index (κ2) is 46.7. The molecule has 12 heteroatoms. The van der Waals surface area contributed by atoms with E-state index in [2.05, 4.69) is 87.6 Å². The fourth-order valence-electron chi connectivity index (χ4n) is 7.57. The first kappa shape index (κ1) is 64.7. The van der Waals surface area contributed by atoms with Crippen LogP contribution in [0, 0.1) is 0 Å². The minimum atomic E-state index is -1.94. The fourth-order valence-corrected chi connectivity index (χ4v) is 7.57. The molecule has 12 nitrogen and oxygen atoms in total. The average Bonchev–Trinajstić information content (AvgIpc) is 3.35. The van der Waals surface area contributed by atoms with Crippen molar-refractivity contribution in [2.75, 3.05) is 13.2 Å². The van der Waals surface area contributed by atoms with Crippen LogP contribution in [0.5, 0.6) is 0 Å². The Hall–Kier alpha value is -4.36. The Morgan fingerprint density at radius 1 is 0.479 bits per heavy atom. The van der Waals surface area contributed by atoms with Gasteiger partial charge in [0, 0.05) is 19.3 Å². The summed E-state index contributed by atoms with van der Waals surface area (Å²) in [7, 11) is 0. The average molecular weight is 995 g/mol. The largest absolute Gasteiger partial charge is 0.479 e. The molecular weight excluding hydrogens is 901 g/mol. The number of carbonyl (C=O) groups is 4. The predicted octanol–water partition coefficient (Wildman–Crippen LogP) is 13.3. The Labute approximate surface area is 428 Å². The Morgan fingerprint density at radius 3 is 1.32 bits per heavy atom. The van der Waals surface area contributed by atoms with E-state index in [1.807, 2.05) is 30.4 Å². The summed E-state index contributed by atoms with van der Waals surface area (Å²) in [5.74, 6) is -3.34. The predicted molar refractivity (Wildman–Crippen MR) is 284 cm³/mol. The fraction of sp³-hybridized carbons (Fsp3) is 0.661. The van der Waals surface area contributed by atoms with Crippen molar-refractivity contribution in [3.63, 3.8) is 0 Å². The van der Waals surface area contributed by atoms with Crippen LogP contribution >= 0.6 is 0 Å². The molecule has 6 unspecified atom stereocenters. The highest BCUT2D eigenvalue weighted by Gasteiger charge is 2.50. The first-order valence-corrected chi connectivity index (χ1v) is 27.2. The Morgan fingerprint density at radius 2 is 0.887 bits per heavy atom. The van der Waals surface area contributed by atoms with Crippen molar-refractivity contribution in [2.24, 2.45) is 0 Å². The molecule has 402 valence electrons. The van der Waals surface area contributed by atoms with E-state index in [1.165, 1.54) is 70.6 Å². The monoisotopic (exact) mass is 995 g/mol. The van der Waals surface area contributed by atoms with Crippen LogP contribution in [0.15, 0.2) is 97.2 Å². The molecule has 1 rings (SSSR count). The third-order valence-corrected chi connectivity index (χ3v) is 11.7. The van der Waals surface area contributed by atoms with Gasteiger partial charge in [0.15, 0.2) is 24.6 Å². The van der Waals surface area contributed by atoms with Crippen molar-refractivity contribution < 1.29 is 58.2 Å².